The van der Waals surface area contributed by atoms with Gasteiger partial charge in [0.25, 0.3) is 10.9 Å². The van der Waals surface area contributed by atoms with Crippen LogP contribution in [0.5, 0.6) is 0 Å². The van der Waals surface area contributed by atoms with Gasteiger partial charge >= 0.3 is 0 Å². The van der Waals surface area contributed by atoms with E-state index in [-0.39, 0.29) is 28.9 Å². The van der Waals surface area contributed by atoms with Crippen molar-refractivity contribution >= 4 is 11.4 Å². The summed E-state index contributed by atoms with van der Waals surface area (Å²) in [4.78, 5) is 27.7. The molecule has 2 aromatic carbocycles. The summed E-state index contributed by atoms with van der Waals surface area (Å²) in [5, 5.41) is 6.79. The normalized spacial score (nSPS) is 20.7. The van der Waals surface area contributed by atoms with Crippen molar-refractivity contribution in [2.75, 3.05) is 57.2 Å². The van der Waals surface area contributed by atoms with Crippen LogP contribution < -0.4 is 26.4 Å². The van der Waals surface area contributed by atoms with Crippen molar-refractivity contribution < 1.29 is 9.47 Å². The largest absolute Gasteiger partial charge is 0.385 e. The molecule has 0 amide bonds. The average Bonchev–Trinajstić information content (AvgIpc) is 2.94. The summed E-state index contributed by atoms with van der Waals surface area (Å²) in [6.45, 7) is 3.58. The number of rotatable bonds is 14. The van der Waals surface area contributed by atoms with Crippen LogP contribution in [0.4, 0.5) is 11.4 Å². The minimum Gasteiger partial charge on any atom is -0.385 e. The van der Waals surface area contributed by atoms with Gasteiger partial charge in [-0.1, -0.05) is 62.4 Å². The van der Waals surface area contributed by atoms with Crippen molar-refractivity contribution in [3.05, 3.63) is 56.3 Å². The highest BCUT2D eigenvalue weighted by molar-refractivity contribution is 5.75. The predicted octanol–water partition coefficient (Wildman–Crippen LogP) is 4.26. The lowest BCUT2D eigenvalue weighted by Crippen LogP contribution is -2.49. The third kappa shape index (κ3) is 7.21. The van der Waals surface area contributed by atoms with Crippen molar-refractivity contribution in [2.45, 2.75) is 69.9 Å². The molecule has 37 heavy (non-hydrogen) atoms. The number of ether oxygens (including phenoxy) is 2. The van der Waals surface area contributed by atoms with Crippen LogP contribution in [0, 0.1) is 11.8 Å². The van der Waals surface area contributed by atoms with Crippen molar-refractivity contribution in [3.8, 4) is 0 Å². The van der Waals surface area contributed by atoms with Gasteiger partial charge in [0.05, 0.1) is 6.10 Å². The first kappa shape index (κ1) is 27.8. The Morgan fingerprint density at radius 2 is 1.78 bits per heavy atom. The molecule has 1 aliphatic heterocycles. The molecule has 4 rings (SSSR count). The van der Waals surface area contributed by atoms with Crippen molar-refractivity contribution in [1.82, 2.24) is 5.32 Å². The van der Waals surface area contributed by atoms with Gasteiger partial charge in [-0.3, -0.25) is 9.59 Å². The maximum Gasteiger partial charge on any atom is 0.253 e. The fraction of sp³-hybridized carbons (Fsp3) is 0.667. The van der Waals surface area contributed by atoms with E-state index in [1.807, 2.05) is 25.2 Å². The van der Waals surface area contributed by atoms with Gasteiger partial charge in [-0.15, -0.1) is 0 Å². The van der Waals surface area contributed by atoms with Gasteiger partial charge in [-0.25, -0.2) is 0 Å². The summed E-state index contributed by atoms with van der Waals surface area (Å²) in [6, 6.07) is 10.5. The van der Waals surface area contributed by atoms with E-state index in [0.717, 1.165) is 44.3 Å². The fourth-order valence-electron chi connectivity index (χ4n) is 6.31. The quantitative estimate of drug-likeness (QED) is 0.290. The highest BCUT2D eigenvalue weighted by Gasteiger charge is 2.34. The molecule has 7 nitrogen and oxygen atoms in total. The number of nitrogens with zero attached hydrogens (tertiary/aromatic N) is 1. The van der Waals surface area contributed by atoms with Crippen LogP contribution in [-0.2, 0) is 9.47 Å². The van der Waals surface area contributed by atoms with Gasteiger partial charge in [0.1, 0.15) is 11.4 Å². The minimum absolute atomic E-state index is 0.0490. The minimum atomic E-state index is -0.364. The van der Waals surface area contributed by atoms with Crippen molar-refractivity contribution in [1.29, 1.82) is 0 Å². The second-order valence-electron chi connectivity index (χ2n) is 10.9. The second-order valence-corrected chi connectivity index (χ2v) is 10.9. The topological polar surface area (TPSA) is 79.9 Å². The van der Waals surface area contributed by atoms with E-state index in [1.165, 1.54) is 32.1 Å². The lowest BCUT2D eigenvalue weighted by atomic mass is 9.84. The molecule has 3 atom stereocenters. The summed E-state index contributed by atoms with van der Waals surface area (Å²) in [6.07, 6.45) is 10.3. The molecule has 0 bridgehead atoms. The molecule has 2 fully saturated rings. The zero-order valence-electron chi connectivity index (χ0n) is 22.7. The average molecular weight is 512 g/mol. The number of hydrogen-bond donors (Lipinski definition) is 2. The molecule has 2 aliphatic rings. The first-order valence-electron chi connectivity index (χ1n) is 14.3. The Morgan fingerprint density at radius 3 is 2.51 bits per heavy atom. The predicted molar refractivity (Wildman–Crippen MR) is 150 cm³/mol. The molecule has 2 N–H and O–H groups in total. The van der Waals surface area contributed by atoms with E-state index in [0.29, 0.717) is 37.1 Å². The molecule has 0 aromatic heterocycles. The Balaban J connectivity index is 1.47. The van der Waals surface area contributed by atoms with Gasteiger partial charge in [0, 0.05) is 51.9 Å². The maximum atomic E-state index is 12.8. The van der Waals surface area contributed by atoms with Crippen LogP contribution >= 0.6 is 0 Å². The van der Waals surface area contributed by atoms with Crippen LogP contribution in [0.25, 0.3) is 0 Å². The van der Waals surface area contributed by atoms with Gasteiger partial charge < -0.3 is 25.0 Å². The third-order valence-corrected chi connectivity index (χ3v) is 8.15. The third-order valence-electron chi connectivity index (χ3n) is 8.15. The Bertz CT molecular complexity index is 1010. The molecule has 2 aromatic rings. The fourth-order valence-corrected chi connectivity index (χ4v) is 6.31. The van der Waals surface area contributed by atoms with Crippen LogP contribution in [0.1, 0.15) is 69.5 Å². The summed E-state index contributed by atoms with van der Waals surface area (Å²) in [5.41, 5.74) is 1.57. The highest BCUT2D eigenvalue weighted by atomic mass is 16.5. The van der Waals surface area contributed by atoms with Gasteiger partial charge in [0.15, 0.2) is 0 Å². The molecule has 0 radical (unpaired) electrons. The Labute approximate surface area is 221 Å². The standard InChI is InChI=1S/C30H45N3O4/c1-31-20-25(19-22-11-5-3-6-12-22)32-26-27(29(35)28(26)34)33-16-9-15-24(21-33)30(37-18-10-17-36-2)23-13-7-4-8-14-23/h4,7-8,13-14,22,24-25,30-32H,3,5-6,9-12,15-21H2,1-2H3/t24?,25-,30-/m0/s1. The lowest BCUT2D eigenvalue weighted by Gasteiger charge is -2.39. The number of piperidine rings is 1. The summed E-state index contributed by atoms with van der Waals surface area (Å²) >= 11 is 0. The number of benzene rings is 1. The van der Waals surface area contributed by atoms with E-state index < -0.39 is 0 Å². The number of hydrogen-bond acceptors (Lipinski definition) is 7. The van der Waals surface area contributed by atoms with E-state index >= 15 is 0 Å². The van der Waals surface area contributed by atoms with Gasteiger partial charge in [-0.2, -0.15) is 0 Å². The molecule has 1 heterocycles. The molecule has 1 unspecified atom stereocenters. The van der Waals surface area contributed by atoms with Crippen LogP contribution in [0.15, 0.2) is 39.9 Å². The molecule has 1 aliphatic carbocycles. The molecule has 1 saturated carbocycles. The summed E-state index contributed by atoms with van der Waals surface area (Å²) in [5.74, 6) is 0.932. The highest BCUT2D eigenvalue weighted by Crippen LogP contribution is 2.36. The zero-order valence-corrected chi connectivity index (χ0v) is 22.7. The van der Waals surface area contributed by atoms with Crippen LogP contribution in [0.3, 0.4) is 0 Å². The second kappa shape index (κ2) is 14.1. The van der Waals surface area contributed by atoms with Crippen LogP contribution in [-0.4, -0.2) is 53.0 Å². The molecule has 1 saturated heterocycles. The van der Waals surface area contributed by atoms with E-state index in [2.05, 4.69) is 27.7 Å². The van der Waals surface area contributed by atoms with Gasteiger partial charge in [-0.05, 0) is 44.2 Å². The Morgan fingerprint density at radius 1 is 1.00 bits per heavy atom. The van der Waals surface area contributed by atoms with E-state index in [4.69, 9.17) is 9.47 Å². The van der Waals surface area contributed by atoms with E-state index in [9.17, 15) is 9.59 Å². The first-order valence-corrected chi connectivity index (χ1v) is 14.3. The molecule has 7 heteroatoms. The maximum absolute atomic E-state index is 12.8. The summed E-state index contributed by atoms with van der Waals surface area (Å²) < 4.78 is 11.6. The van der Waals surface area contributed by atoms with Gasteiger partial charge in [0.2, 0.25) is 0 Å². The lowest BCUT2D eigenvalue weighted by molar-refractivity contribution is -0.00235. The molecular formula is C30H45N3O4. The zero-order chi connectivity index (χ0) is 26.0. The van der Waals surface area contributed by atoms with Crippen molar-refractivity contribution in [2.24, 2.45) is 11.8 Å². The molecular weight excluding hydrogens is 466 g/mol. The number of nitrogens with one attached hydrogen (secondary N) is 2. The smallest absolute Gasteiger partial charge is 0.253 e. The SMILES string of the molecule is CNC[C@H](CC1CCCCC1)Nc1c(N2CCCC([C@@H](OCCCOC)c3ccccc3)C2)c(=O)c1=O. The van der Waals surface area contributed by atoms with E-state index in [1.54, 1.807) is 7.11 Å². The molecule has 0 spiro atoms. The first-order chi connectivity index (χ1) is 18.1. The number of likely N-dealkylation sites (N-methyl/N-ethyl adjacent to an activating group) is 1. The molecule has 204 valence electrons. The Kier molecular flexibility index (Phi) is 10.6. The summed E-state index contributed by atoms with van der Waals surface area (Å²) in [7, 11) is 3.66. The van der Waals surface area contributed by atoms with Crippen LogP contribution in [0.2, 0.25) is 0 Å². The van der Waals surface area contributed by atoms with Crippen molar-refractivity contribution in [3.63, 3.8) is 0 Å². The number of anilines is 2. The Hall–Kier alpha value is -2.22. The monoisotopic (exact) mass is 511 g/mol. The number of methoxy groups -OCH3 is 1.